The predicted molar refractivity (Wildman–Crippen MR) is 155 cm³/mol. The number of hydrogen-bond donors (Lipinski definition) is 1. The average Bonchev–Trinajstić information content (AvgIpc) is 2.95. The third kappa shape index (κ3) is 7.05. The van der Waals surface area contributed by atoms with E-state index in [0.29, 0.717) is 17.7 Å². The number of aryl methyl sites for hydroxylation is 1. The number of methoxy groups -OCH3 is 2. The Morgan fingerprint density at radius 3 is 2.30 bits per heavy atom. The van der Waals surface area contributed by atoms with Crippen LogP contribution in [0.4, 0.5) is 5.69 Å². The van der Waals surface area contributed by atoms with Crippen molar-refractivity contribution in [3.63, 3.8) is 0 Å². The predicted octanol–water partition coefficient (Wildman–Crippen LogP) is 4.41. The van der Waals surface area contributed by atoms with Gasteiger partial charge in [0.05, 0.1) is 24.8 Å². The number of ether oxygens (including phenoxy) is 2. The van der Waals surface area contributed by atoms with Gasteiger partial charge in [-0.2, -0.15) is 0 Å². The van der Waals surface area contributed by atoms with Crippen molar-refractivity contribution >= 4 is 39.1 Å². The van der Waals surface area contributed by atoms with E-state index in [1.54, 1.807) is 49.4 Å². The number of anilines is 1. The molecule has 0 spiro atoms. The van der Waals surface area contributed by atoms with E-state index in [1.807, 2.05) is 6.92 Å². The Labute approximate surface area is 240 Å². The lowest BCUT2D eigenvalue weighted by molar-refractivity contribution is -0.140. The van der Waals surface area contributed by atoms with Gasteiger partial charge in [0, 0.05) is 18.6 Å². The molecule has 11 heteroatoms. The summed E-state index contributed by atoms with van der Waals surface area (Å²) in [6.07, 6.45) is 0.306. The Kier molecular flexibility index (Phi) is 10.4. The molecule has 40 heavy (non-hydrogen) atoms. The number of nitrogens with one attached hydrogen (secondary N) is 1. The fourth-order valence-electron chi connectivity index (χ4n) is 4.26. The summed E-state index contributed by atoms with van der Waals surface area (Å²) in [6, 6.07) is 17.1. The Bertz CT molecular complexity index is 1450. The van der Waals surface area contributed by atoms with Gasteiger partial charge in [0.25, 0.3) is 10.0 Å². The second kappa shape index (κ2) is 13.5. The van der Waals surface area contributed by atoms with E-state index in [2.05, 4.69) is 5.32 Å². The lowest BCUT2D eigenvalue weighted by Gasteiger charge is -2.33. The summed E-state index contributed by atoms with van der Waals surface area (Å²) in [5.41, 5.74) is 1.68. The summed E-state index contributed by atoms with van der Waals surface area (Å²) in [5.74, 6) is -0.154. The highest BCUT2D eigenvalue weighted by Gasteiger charge is 2.34. The largest absolute Gasteiger partial charge is 0.497 e. The third-order valence-corrected chi connectivity index (χ3v) is 8.43. The topological polar surface area (TPSA) is 105 Å². The van der Waals surface area contributed by atoms with E-state index in [0.717, 1.165) is 9.87 Å². The highest BCUT2D eigenvalue weighted by atomic mass is 35.5. The maximum absolute atomic E-state index is 14.1. The van der Waals surface area contributed by atoms with Crippen molar-refractivity contribution in [3.05, 3.63) is 82.9 Å². The molecule has 0 saturated heterocycles. The molecule has 1 N–H and O–H groups in total. The van der Waals surface area contributed by atoms with Crippen LogP contribution in [0.3, 0.4) is 0 Å². The van der Waals surface area contributed by atoms with Gasteiger partial charge in [0.1, 0.15) is 24.1 Å². The highest BCUT2D eigenvalue weighted by molar-refractivity contribution is 7.92. The van der Waals surface area contributed by atoms with Gasteiger partial charge in [-0.1, -0.05) is 48.4 Å². The molecule has 0 bridgehead atoms. The first-order chi connectivity index (χ1) is 19.0. The molecular formula is C29H34ClN3O6S. The minimum absolute atomic E-state index is 0.00869. The molecule has 0 aromatic heterocycles. The van der Waals surface area contributed by atoms with E-state index in [9.17, 15) is 18.0 Å². The molecular weight excluding hydrogens is 554 g/mol. The van der Waals surface area contributed by atoms with Crippen LogP contribution in [0.25, 0.3) is 0 Å². The van der Waals surface area contributed by atoms with Crippen molar-refractivity contribution in [1.82, 2.24) is 10.2 Å². The second-order valence-electron chi connectivity index (χ2n) is 9.05. The van der Waals surface area contributed by atoms with Crippen molar-refractivity contribution in [2.45, 2.75) is 37.8 Å². The molecule has 214 valence electrons. The first-order valence-electron chi connectivity index (χ1n) is 12.6. The van der Waals surface area contributed by atoms with Crippen LogP contribution >= 0.6 is 11.6 Å². The normalized spacial score (nSPS) is 11.8. The SMILES string of the molecule is CC[C@H](C(=O)NC)N(Cc1cccc(OC)c1)C(=O)CN(c1cc(Cl)ccc1OC)S(=O)(=O)c1ccc(C)cc1. The van der Waals surface area contributed by atoms with Gasteiger partial charge in [0.15, 0.2) is 0 Å². The fraction of sp³-hybridized carbons (Fsp3) is 0.310. The van der Waals surface area contributed by atoms with Crippen LogP contribution in [-0.2, 0) is 26.2 Å². The summed E-state index contributed by atoms with van der Waals surface area (Å²) < 4.78 is 39.8. The van der Waals surface area contributed by atoms with E-state index >= 15 is 0 Å². The summed E-state index contributed by atoms with van der Waals surface area (Å²) >= 11 is 6.27. The molecule has 0 aliphatic carbocycles. The number of carbonyl (C=O) groups excluding carboxylic acids is 2. The molecule has 0 fully saturated rings. The lowest BCUT2D eigenvalue weighted by Crippen LogP contribution is -2.51. The van der Waals surface area contributed by atoms with Crippen molar-refractivity contribution in [1.29, 1.82) is 0 Å². The number of benzene rings is 3. The molecule has 0 aliphatic heterocycles. The Morgan fingerprint density at radius 2 is 1.70 bits per heavy atom. The molecule has 0 radical (unpaired) electrons. The average molecular weight is 588 g/mol. The third-order valence-electron chi connectivity index (χ3n) is 6.42. The lowest BCUT2D eigenvalue weighted by atomic mass is 10.1. The fourth-order valence-corrected chi connectivity index (χ4v) is 5.85. The maximum Gasteiger partial charge on any atom is 0.264 e. The van der Waals surface area contributed by atoms with Crippen LogP contribution in [0.2, 0.25) is 5.02 Å². The molecule has 3 rings (SSSR count). The molecule has 0 aliphatic rings. The second-order valence-corrected chi connectivity index (χ2v) is 11.4. The van der Waals surface area contributed by atoms with Crippen molar-refractivity contribution < 1.29 is 27.5 Å². The minimum atomic E-state index is -4.26. The van der Waals surface area contributed by atoms with Crippen molar-refractivity contribution in [3.8, 4) is 11.5 Å². The van der Waals surface area contributed by atoms with Crippen LogP contribution in [0.15, 0.2) is 71.6 Å². The van der Waals surface area contributed by atoms with Crippen molar-refractivity contribution in [2.24, 2.45) is 0 Å². The molecule has 0 unspecified atom stereocenters. The molecule has 0 heterocycles. The van der Waals surface area contributed by atoms with Gasteiger partial charge >= 0.3 is 0 Å². The van der Waals surface area contributed by atoms with Crippen molar-refractivity contribution in [2.75, 3.05) is 32.1 Å². The molecule has 2 amide bonds. The Morgan fingerprint density at radius 1 is 1.00 bits per heavy atom. The zero-order chi connectivity index (χ0) is 29.4. The first-order valence-corrected chi connectivity index (χ1v) is 14.4. The molecule has 3 aromatic rings. The quantitative estimate of drug-likeness (QED) is 0.336. The standard InChI is InChI=1S/C29H34ClN3O6S/c1-6-25(29(35)31-3)32(18-21-8-7-9-23(16-21)38-4)28(34)19-33(26-17-22(30)12-15-27(26)39-5)40(36,37)24-13-10-20(2)11-14-24/h7-17,25H,6,18-19H2,1-5H3,(H,31,35)/t25-/m1/s1. The number of amides is 2. The first kappa shape index (κ1) is 30.8. The number of nitrogens with zero attached hydrogens (tertiary/aromatic N) is 2. The zero-order valence-electron chi connectivity index (χ0n) is 23.2. The molecule has 3 aromatic carbocycles. The summed E-state index contributed by atoms with van der Waals surface area (Å²) in [7, 11) is 0.163. The van der Waals surface area contributed by atoms with Gasteiger partial charge < -0.3 is 19.7 Å². The highest BCUT2D eigenvalue weighted by Crippen LogP contribution is 2.35. The van der Waals surface area contributed by atoms with E-state index < -0.39 is 28.5 Å². The number of sulfonamides is 1. The number of halogens is 1. The minimum Gasteiger partial charge on any atom is -0.497 e. The van der Waals surface area contributed by atoms with Gasteiger partial charge in [-0.05, 0) is 61.4 Å². The van der Waals surface area contributed by atoms with Gasteiger partial charge in [-0.15, -0.1) is 0 Å². The maximum atomic E-state index is 14.1. The Hall–Kier alpha value is -3.76. The van der Waals surface area contributed by atoms with Gasteiger partial charge in [0.2, 0.25) is 11.8 Å². The van der Waals surface area contributed by atoms with Crippen LogP contribution < -0.4 is 19.1 Å². The summed E-state index contributed by atoms with van der Waals surface area (Å²) in [6.45, 7) is 3.07. The van der Waals surface area contributed by atoms with E-state index in [-0.39, 0.29) is 33.8 Å². The number of hydrogen-bond acceptors (Lipinski definition) is 6. The molecule has 9 nitrogen and oxygen atoms in total. The molecule has 1 atom stereocenters. The Balaban J connectivity index is 2.13. The van der Waals surface area contributed by atoms with Crippen LogP contribution in [-0.4, -0.2) is 59.0 Å². The van der Waals surface area contributed by atoms with Crippen LogP contribution in [0.1, 0.15) is 24.5 Å². The monoisotopic (exact) mass is 587 g/mol. The number of carbonyl (C=O) groups is 2. The van der Waals surface area contributed by atoms with E-state index in [1.165, 1.54) is 50.4 Å². The zero-order valence-corrected chi connectivity index (χ0v) is 24.8. The van der Waals surface area contributed by atoms with Crippen LogP contribution in [0, 0.1) is 6.92 Å². The number of rotatable bonds is 12. The smallest absolute Gasteiger partial charge is 0.264 e. The van der Waals surface area contributed by atoms with Crippen LogP contribution in [0.5, 0.6) is 11.5 Å². The molecule has 0 saturated carbocycles. The van der Waals surface area contributed by atoms with Gasteiger partial charge in [-0.3, -0.25) is 13.9 Å². The van der Waals surface area contributed by atoms with Gasteiger partial charge in [-0.25, -0.2) is 8.42 Å². The summed E-state index contributed by atoms with van der Waals surface area (Å²) in [4.78, 5) is 28.3. The number of likely N-dealkylation sites (N-methyl/N-ethyl adjacent to an activating group) is 1. The summed E-state index contributed by atoms with van der Waals surface area (Å²) in [5, 5.41) is 2.87. The van der Waals surface area contributed by atoms with E-state index in [4.69, 9.17) is 21.1 Å².